The van der Waals surface area contributed by atoms with Crippen molar-refractivity contribution in [3.8, 4) is 0 Å². The summed E-state index contributed by atoms with van der Waals surface area (Å²) in [5.74, 6) is -0.558. The molecular weight excluding hydrogens is 374 g/mol. The zero-order valence-electron chi connectivity index (χ0n) is 18.2. The van der Waals surface area contributed by atoms with Gasteiger partial charge in [-0.15, -0.1) is 0 Å². The first-order valence-corrected chi connectivity index (χ1v) is 9.89. The van der Waals surface area contributed by atoms with Gasteiger partial charge in [-0.3, -0.25) is 0 Å². The topological polar surface area (TPSA) is 83.1 Å². The number of ether oxygens (including phenoxy) is 4. The molecule has 1 aliphatic heterocycles. The van der Waals surface area contributed by atoms with Crippen LogP contribution < -0.4 is 5.32 Å². The number of carbonyl (C=O) groups is 2. The molecule has 2 rings (SSSR count). The fourth-order valence-corrected chi connectivity index (χ4v) is 2.97. The van der Waals surface area contributed by atoms with E-state index >= 15 is 0 Å². The van der Waals surface area contributed by atoms with Crippen molar-refractivity contribution in [3.05, 3.63) is 35.9 Å². The maximum Gasteiger partial charge on any atom is 0.408 e. The molecule has 1 fully saturated rings. The lowest BCUT2D eigenvalue weighted by Crippen LogP contribution is -2.67. The normalized spacial score (nSPS) is 22.6. The molecule has 0 radical (unpaired) electrons. The smallest absolute Gasteiger partial charge is 0.408 e. The van der Waals surface area contributed by atoms with Gasteiger partial charge in [0.05, 0.1) is 13.2 Å². The van der Waals surface area contributed by atoms with Crippen LogP contribution >= 0.6 is 0 Å². The van der Waals surface area contributed by atoms with Crippen molar-refractivity contribution in [3.63, 3.8) is 0 Å². The molecule has 162 valence electrons. The van der Waals surface area contributed by atoms with E-state index in [1.807, 2.05) is 30.3 Å². The Kier molecular flexibility index (Phi) is 7.30. The number of alkyl carbamates (subject to hydrolysis) is 1. The van der Waals surface area contributed by atoms with Crippen molar-refractivity contribution in [1.82, 2.24) is 5.32 Å². The van der Waals surface area contributed by atoms with E-state index in [-0.39, 0.29) is 19.6 Å². The van der Waals surface area contributed by atoms with E-state index in [9.17, 15) is 9.59 Å². The Morgan fingerprint density at radius 3 is 2.28 bits per heavy atom. The number of hydrogen-bond donors (Lipinski definition) is 1. The van der Waals surface area contributed by atoms with E-state index in [1.165, 1.54) is 0 Å². The minimum Gasteiger partial charge on any atom is -0.458 e. The molecule has 0 unspecified atom stereocenters. The molecule has 0 saturated carbocycles. The molecule has 1 aliphatic rings. The first-order valence-electron chi connectivity index (χ1n) is 9.89. The number of esters is 1. The molecular formula is C22H33NO6. The highest BCUT2D eigenvalue weighted by atomic mass is 16.6. The van der Waals surface area contributed by atoms with Crippen LogP contribution in [0.25, 0.3) is 0 Å². The van der Waals surface area contributed by atoms with E-state index in [4.69, 9.17) is 18.9 Å². The lowest BCUT2D eigenvalue weighted by Gasteiger charge is -2.43. The van der Waals surface area contributed by atoms with Crippen molar-refractivity contribution in [2.45, 2.75) is 77.4 Å². The van der Waals surface area contributed by atoms with Crippen molar-refractivity contribution >= 4 is 12.1 Å². The van der Waals surface area contributed by atoms with Gasteiger partial charge in [0.25, 0.3) is 0 Å². The van der Waals surface area contributed by atoms with Gasteiger partial charge in [0.15, 0.2) is 5.54 Å². The summed E-state index contributed by atoms with van der Waals surface area (Å²) >= 11 is 0. The van der Waals surface area contributed by atoms with Gasteiger partial charge in [0.1, 0.15) is 17.3 Å². The minimum absolute atomic E-state index is 0.155. The molecule has 1 N–H and O–H groups in total. The standard InChI is InChI=1S/C22H33NO6/c1-20(2,3)28-18(24)22(23-19(25)29-21(4,5)6)12-13-26-15-17(22)27-14-16-10-8-7-9-11-16/h7-11,17H,12-15H2,1-6H3,(H,23,25)/t17-,22-/m1/s1. The van der Waals surface area contributed by atoms with Gasteiger partial charge in [-0.1, -0.05) is 30.3 Å². The zero-order valence-corrected chi connectivity index (χ0v) is 18.2. The highest BCUT2D eigenvalue weighted by molar-refractivity contribution is 5.87. The second-order valence-corrected chi connectivity index (χ2v) is 9.21. The summed E-state index contributed by atoms with van der Waals surface area (Å²) in [5.41, 5.74) is -1.87. The quantitative estimate of drug-likeness (QED) is 0.751. The Morgan fingerprint density at radius 1 is 1.07 bits per heavy atom. The molecule has 1 aromatic carbocycles. The van der Waals surface area contributed by atoms with Crippen molar-refractivity contribution in [2.24, 2.45) is 0 Å². The van der Waals surface area contributed by atoms with Gasteiger partial charge >= 0.3 is 12.1 Å². The van der Waals surface area contributed by atoms with Crippen LogP contribution in [0.4, 0.5) is 4.79 Å². The molecule has 7 nitrogen and oxygen atoms in total. The van der Waals surface area contributed by atoms with E-state index in [0.29, 0.717) is 6.61 Å². The summed E-state index contributed by atoms with van der Waals surface area (Å²) in [4.78, 5) is 25.8. The number of hydrogen-bond acceptors (Lipinski definition) is 6. The van der Waals surface area contributed by atoms with Crippen LogP contribution in [0.2, 0.25) is 0 Å². The summed E-state index contributed by atoms with van der Waals surface area (Å²) in [5, 5.41) is 2.76. The maximum absolute atomic E-state index is 13.2. The minimum atomic E-state index is -1.40. The third-order valence-corrected chi connectivity index (χ3v) is 4.24. The monoisotopic (exact) mass is 407 g/mol. The molecule has 1 saturated heterocycles. The predicted octanol–water partition coefficient (Wildman–Crippen LogP) is 3.60. The third-order valence-electron chi connectivity index (χ3n) is 4.24. The second-order valence-electron chi connectivity index (χ2n) is 9.21. The fourth-order valence-electron chi connectivity index (χ4n) is 2.97. The molecule has 0 aliphatic carbocycles. The SMILES string of the molecule is CC(C)(C)OC(=O)N[C@]1(C(=O)OC(C)(C)C)CCOC[C@H]1OCc1ccccc1. The van der Waals surface area contributed by atoms with Crippen molar-refractivity contribution in [1.29, 1.82) is 0 Å². The number of nitrogens with one attached hydrogen (secondary N) is 1. The molecule has 1 amide bonds. The van der Waals surface area contributed by atoms with E-state index < -0.39 is 34.9 Å². The average molecular weight is 408 g/mol. The first-order chi connectivity index (χ1) is 13.4. The molecule has 1 aromatic rings. The van der Waals surface area contributed by atoms with Crippen LogP contribution in [0.3, 0.4) is 0 Å². The molecule has 0 aromatic heterocycles. The summed E-state index contributed by atoms with van der Waals surface area (Å²) < 4.78 is 22.7. The molecule has 29 heavy (non-hydrogen) atoms. The third kappa shape index (κ3) is 7.01. The summed E-state index contributed by atoms with van der Waals surface area (Å²) in [7, 11) is 0. The summed E-state index contributed by atoms with van der Waals surface area (Å²) in [6.45, 7) is 11.4. The van der Waals surface area contributed by atoms with Gasteiger partial charge in [-0.05, 0) is 47.1 Å². The van der Waals surface area contributed by atoms with Crippen LogP contribution in [0.15, 0.2) is 30.3 Å². The Bertz CT molecular complexity index is 691. The molecule has 0 spiro atoms. The van der Waals surface area contributed by atoms with Gasteiger partial charge in [-0.2, -0.15) is 0 Å². The van der Waals surface area contributed by atoms with Crippen molar-refractivity contribution in [2.75, 3.05) is 13.2 Å². The molecule has 0 bridgehead atoms. The second kappa shape index (κ2) is 9.13. The number of carbonyl (C=O) groups excluding carboxylic acids is 2. The Hall–Kier alpha value is -2.12. The lowest BCUT2D eigenvalue weighted by atomic mass is 9.86. The summed E-state index contributed by atoms with van der Waals surface area (Å²) in [6, 6.07) is 9.61. The fraction of sp³-hybridized carbons (Fsp3) is 0.636. The maximum atomic E-state index is 13.2. The van der Waals surface area contributed by atoms with Gasteiger partial charge in [0.2, 0.25) is 0 Å². The van der Waals surface area contributed by atoms with Gasteiger partial charge in [0, 0.05) is 13.0 Å². The van der Waals surface area contributed by atoms with Crippen LogP contribution in [0.5, 0.6) is 0 Å². The predicted molar refractivity (Wildman–Crippen MR) is 108 cm³/mol. The van der Waals surface area contributed by atoms with E-state index in [2.05, 4.69) is 5.32 Å². The van der Waals surface area contributed by atoms with E-state index in [1.54, 1.807) is 41.5 Å². The molecule has 1 heterocycles. The zero-order chi connectivity index (χ0) is 21.7. The number of amides is 1. The largest absolute Gasteiger partial charge is 0.458 e. The van der Waals surface area contributed by atoms with Crippen LogP contribution in [0.1, 0.15) is 53.5 Å². The highest BCUT2D eigenvalue weighted by Gasteiger charge is 2.53. The lowest BCUT2D eigenvalue weighted by molar-refractivity contribution is -0.183. The van der Waals surface area contributed by atoms with E-state index in [0.717, 1.165) is 5.56 Å². The molecule has 7 heteroatoms. The Balaban J connectivity index is 2.27. The summed E-state index contributed by atoms with van der Waals surface area (Å²) in [6.07, 6.45) is -1.20. The molecule has 2 atom stereocenters. The van der Waals surface area contributed by atoms with Gasteiger partial charge in [-0.25, -0.2) is 9.59 Å². The average Bonchev–Trinajstić information content (AvgIpc) is 2.58. The van der Waals surface area contributed by atoms with Crippen LogP contribution in [0, 0.1) is 0 Å². The number of benzene rings is 1. The van der Waals surface area contributed by atoms with Crippen molar-refractivity contribution < 1.29 is 28.5 Å². The highest BCUT2D eigenvalue weighted by Crippen LogP contribution is 2.29. The Morgan fingerprint density at radius 2 is 1.69 bits per heavy atom. The first kappa shape index (κ1) is 23.2. The van der Waals surface area contributed by atoms with Crippen LogP contribution in [-0.2, 0) is 30.3 Å². The Labute approximate surface area is 173 Å². The van der Waals surface area contributed by atoms with Gasteiger partial charge < -0.3 is 24.3 Å². The number of rotatable bonds is 5. The van der Waals surface area contributed by atoms with Crippen LogP contribution in [-0.4, -0.2) is 48.1 Å².